The number of aryl methyl sites for hydroxylation is 1. The number of carbonyl (C=O) groups is 1. The van der Waals surface area contributed by atoms with Crippen molar-refractivity contribution in [2.45, 2.75) is 19.3 Å². The summed E-state index contributed by atoms with van der Waals surface area (Å²) in [5.41, 5.74) is 2.30. The molecular formula is C15H13ClN2O2. The highest BCUT2D eigenvalue weighted by atomic mass is 35.5. The summed E-state index contributed by atoms with van der Waals surface area (Å²) >= 11 is 6.11. The summed E-state index contributed by atoms with van der Waals surface area (Å²) in [6.45, 7) is 0. The van der Waals surface area contributed by atoms with Gasteiger partial charge in [-0.15, -0.1) is 0 Å². The normalized spacial score (nSPS) is 14.0. The van der Waals surface area contributed by atoms with Crippen LogP contribution in [0, 0.1) is 0 Å². The van der Waals surface area contributed by atoms with Gasteiger partial charge in [0, 0.05) is 18.2 Å². The van der Waals surface area contributed by atoms with Gasteiger partial charge in [0.05, 0.1) is 23.4 Å². The summed E-state index contributed by atoms with van der Waals surface area (Å²) in [5.74, 6) is 1.33. The molecule has 0 amide bonds. The summed E-state index contributed by atoms with van der Waals surface area (Å²) < 4.78 is 5.12. The number of hydrogen-bond acceptors (Lipinski definition) is 4. The summed E-state index contributed by atoms with van der Waals surface area (Å²) in [5, 5.41) is 0.516. The van der Waals surface area contributed by atoms with Crippen molar-refractivity contribution in [3.63, 3.8) is 0 Å². The van der Waals surface area contributed by atoms with Gasteiger partial charge in [-0.1, -0.05) is 11.6 Å². The molecule has 4 nitrogen and oxygen atoms in total. The van der Waals surface area contributed by atoms with Crippen LogP contribution in [-0.2, 0) is 6.42 Å². The smallest absolute Gasteiger partial charge is 0.166 e. The number of halogens is 1. The van der Waals surface area contributed by atoms with E-state index in [1.807, 2.05) is 6.07 Å². The van der Waals surface area contributed by atoms with Crippen LogP contribution in [0.4, 0.5) is 0 Å². The lowest BCUT2D eigenvalue weighted by atomic mass is 9.96. The number of carbonyl (C=O) groups excluding carboxylic acids is 1. The van der Waals surface area contributed by atoms with Gasteiger partial charge in [-0.05, 0) is 31.0 Å². The summed E-state index contributed by atoms with van der Waals surface area (Å²) in [4.78, 5) is 20.5. The molecule has 0 saturated heterocycles. The Hall–Kier alpha value is -1.94. The van der Waals surface area contributed by atoms with Gasteiger partial charge in [-0.2, -0.15) is 0 Å². The van der Waals surface area contributed by atoms with Crippen LogP contribution in [0.25, 0.3) is 11.4 Å². The minimum Gasteiger partial charge on any atom is -0.495 e. The second-order valence-corrected chi connectivity index (χ2v) is 5.09. The molecule has 1 aromatic carbocycles. The third-order valence-corrected chi connectivity index (χ3v) is 3.69. The Bertz CT molecular complexity index is 686. The van der Waals surface area contributed by atoms with Crippen molar-refractivity contribution < 1.29 is 9.53 Å². The van der Waals surface area contributed by atoms with Gasteiger partial charge in [0.2, 0.25) is 0 Å². The topological polar surface area (TPSA) is 52.1 Å². The van der Waals surface area contributed by atoms with E-state index in [0.717, 1.165) is 24.1 Å². The van der Waals surface area contributed by atoms with Crippen LogP contribution in [0.15, 0.2) is 24.4 Å². The quantitative estimate of drug-likeness (QED) is 0.850. The largest absolute Gasteiger partial charge is 0.495 e. The standard InChI is InChI=1S/C15H13ClN2O2/c1-20-14-6-5-9(7-11(14)16)15-17-8-10-12(18-15)3-2-4-13(10)19/h5-8H,2-4H2,1H3. The van der Waals surface area contributed by atoms with Crippen molar-refractivity contribution in [1.29, 1.82) is 0 Å². The second kappa shape index (κ2) is 5.21. The molecule has 1 heterocycles. The maximum absolute atomic E-state index is 11.8. The minimum atomic E-state index is 0.130. The van der Waals surface area contributed by atoms with Crippen molar-refractivity contribution in [2.24, 2.45) is 0 Å². The van der Waals surface area contributed by atoms with E-state index in [1.165, 1.54) is 0 Å². The van der Waals surface area contributed by atoms with Gasteiger partial charge in [-0.25, -0.2) is 9.97 Å². The summed E-state index contributed by atoms with van der Waals surface area (Å²) in [6.07, 6.45) is 3.88. The highest BCUT2D eigenvalue weighted by Crippen LogP contribution is 2.29. The van der Waals surface area contributed by atoms with Crippen molar-refractivity contribution in [2.75, 3.05) is 7.11 Å². The van der Waals surface area contributed by atoms with E-state index >= 15 is 0 Å². The predicted octanol–water partition coefficient (Wildman–Crippen LogP) is 3.32. The Morgan fingerprint density at radius 1 is 1.30 bits per heavy atom. The van der Waals surface area contributed by atoms with Crippen molar-refractivity contribution in [3.05, 3.63) is 40.7 Å². The van der Waals surface area contributed by atoms with Gasteiger partial charge in [0.15, 0.2) is 11.6 Å². The zero-order valence-electron chi connectivity index (χ0n) is 11.0. The fourth-order valence-corrected chi connectivity index (χ4v) is 2.59. The fourth-order valence-electron chi connectivity index (χ4n) is 2.34. The first-order valence-electron chi connectivity index (χ1n) is 6.42. The van der Waals surface area contributed by atoms with Gasteiger partial charge in [-0.3, -0.25) is 4.79 Å². The highest BCUT2D eigenvalue weighted by Gasteiger charge is 2.19. The molecule has 0 aliphatic heterocycles. The van der Waals surface area contributed by atoms with Crippen LogP contribution in [-0.4, -0.2) is 22.9 Å². The number of ether oxygens (including phenoxy) is 1. The highest BCUT2D eigenvalue weighted by molar-refractivity contribution is 6.32. The van der Waals surface area contributed by atoms with Crippen LogP contribution in [0.5, 0.6) is 5.75 Å². The lowest BCUT2D eigenvalue weighted by Gasteiger charge is -2.14. The Labute approximate surface area is 121 Å². The molecule has 1 aliphatic rings. The Morgan fingerprint density at radius 2 is 2.15 bits per heavy atom. The van der Waals surface area contributed by atoms with Gasteiger partial charge < -0.3 is 4.74 Å². The molecule has 0 radical (unpaired) electrons. The number of Topliss-reactive ketones (excluding diaryl/α,β-unsaturated/α-hetero) is 1. The van der Waals surface area contributed by atoms with E-state index in [4.69, 9.17) is 16.3 Å². The molecule has 0 spiro atoms. The summed E-state index contributed by atoms with van der Waals surface area (Å²) in [7, 11) is 1.57. The molecule has 0 unspecified atom stereocenters. The maximum atomic E-state index is 11.8. The number of ketones is 1. The second-order valence-electron chi connectivity index (χ2n) is 4.68. The van der Waals surface area contributed by atoms with E-state index in [2.05, 4.69) is 9.97 Å². The maximum Gasteiger partial charge on any atom is 0.166 e. The number of aromatic nitrogens is 2. The molecule has 1 aliphatic carbocycles. The molecule has 0 N–H and O–H groups in total. The molecule has 0 saturated carbocycles. The molecule has 20 heavy (non-hydrogen) atoms. The van der Waals surface area contributed by atoms with Crippen LogP contribution in [0.3, 0.4) is 0 Å². The number of nitrogens with zero attached hydrogens (tertiary/aromatic N) is 2. The molecule has 0 atom stereocenters. The number of rotatable bonds is 2. The SMILES string of the molecule is COc1ccc(-c2ncc3c(n2)CCCC3=O)cc1Cl. The monoisotopic (exact) mass is 288 g/mol. The zero-order valence-corrected chi connectivity index (χ0v) is 11.8. The number of fused-ring (bicyclic) bond motifs is 1. The van der Waals surface area contributed by atoms with E-state index in [1.54, 1.807) is 25.4 Å². The van der Waals surface area contributed by atoms with Crippen molar-refractivity contribution in [1.82, 2.24) is 9.97 Å². The van der Waals surface area contributed by atoms with E-state index < -0.39 is 0 Å². The van der Waals surface area contributed by atoms with Gasteiger partial charge >= 0.3 is 0 Å². The van der Waals surface area contributed by atoms with Gasteiger partial charge in [0.1, 0.15) is 5.75 Å². The molecule has 1 aromatic heterocycles. The molecule has 2 aromatic rings. The van der Waals surface area contributed by atoms with Crippen LogP contribution >= 0.6 is 11.6 Å². The van der Waals surface area contributed by atoms with Crippen LogP contribution in [0.2, 0.25) is 5.02 Å². The first kappa shape index (κ1) is 13.1. The first-order chi connectivity index (χ1) is 9.69. The van der Waals surface area contributed by atoms with Crippen molar-refractivity contribution >= 4 is 17.4 Å². The number of hydrogen-bond donors (Lipinski definition) is 0. The molecule has 3 rings (SSSR count). The minimum absolute atomic E-state index is 0.130. The summed E-state index contributed by atoms with van der Waals surface area (Å²) in [6, 6.07) is 5.41. The first-order valence-corrected chi connectivity index (χ1v) is 6.80. The third-order valence-electron chi connectivity index (χ3n) is 3.40. The zero-order chi connectivity index (χ0) is 14.1. The lowest BCUT2D eigenvalue weighted by Crippen LogP contribution is -2.13. The average Bonchev–Trinajstić information content (AvgIpc) is 2.47. The lowest BCUT2D eigenvalue weighted by molar-refractivity contribution is 0.0971. The Balaban J connectivity index is 2.03. The molecule has 0 fully saturated rings. The number of methoxy groups -OCH3 is 1. The Morgan fingerprint density at radius 3 is 2.90 bits per heavy atom. The van der Waals surface area contributed by atoms with E-state index in [9.17, 15) is 4.79 Å². The van der Waals surface area contributed by atoms with Crippen molar-refractivity contribution in [3.8, 4) is 17.1 Å². The van der Waals surface area contributed by atoms with Crippen LogP contribution in [0.1, 0.15) is 28.9 Å². The fraction of sp³-hybridized carbons (Fsp3) is 0.267. The molecule has 102 valence electrons. The third kappa shape index (κ3) is 2.27. The molecular weight excluding hydrogens is 276 g/mol. The van der Waals surface area contributed by atoms with Crippen LogP contribution < -0.4 is 4.74 Å². The molecule has 0 bridgehead atoms. The molecule has 5 heteroatoms. The van der Waals surface area contributed by atoms with E-state index in [0.29, 0.717) is 28.6 Å². The number of benzene rings is 1. The average molecular weight is 289 g/mol. The van der Waals surface area contributed by atoms with Gasteiger partial charge in [0.25, 0.3) is 0 Å². The predicted molar refractivity (Wildman–Crippen MR) is 76.3 cm³/mol. The Kier molecular flexibility index (Phi) is 3.40. The van der Waals surface area contributed by atoms with E-state index in [-0.39, 0.29) is 5.78 Å².